The smallest absolute Gasteiger partial charge is 0.150 e. The third-order valence-electron chi connectivity index (χ3n) is 2.92. The van der Waals surface area contributed by atoms with Gasteiger partial charge in [0, 0.05) is 5.56 Å². The molecule has 0 amide bonds. The van der Waals surface area contributed by atoms with Crippen molar-refractivity contribution >= 4 is 26.9 Å². The van der Waals surface area contributed by atoms with E-state index in [1.165, 1.54) is 6.26 Å². The largest absolute Gasteiger partial charge is 0.489 e. The maximum atomic E-state index is 14.2. The van der Waals surface area contributed by atoms with Crippen LogP contribution in [-0.4, -0.2) is 0 Å². The van der Waals surface area contributed by atoms with Crippen molar-refractivity contribution in [2.75, 3.05) is 0 Å². The highest BCUT2D eigenvalue weighted by Gasteiger charge is 2.14. The van der Waals surface area contributed by atoms with Crippen LogP contribution in [-0.2, 0) is 11.3 Å². The zero-order valence-electron chi connectivity index (χ0n) is 14.6. The van der Waals surface area contributed by atoms with E-state index in [1.807, 2.05) is 34.6 Å². The molecule has 0 radical (unpaired) electrons. The second-order valence-corrected chi connectivity index (χ2v) is 5.02. The molecule has 0 saturated heterocycles. The number of allylic oxidation sites excluding steroid dienone is 1. The van der Waals surface area contributed by atoms with Gasteiger partial charge in [0.05, 0.1) is 16.1 Å². The van der Waals surface area contributed by atoms with E-state index in [1.54, 1.807) is 12.1 Å². The monoisotopic (exact) mass is 384 g/mol. The summed E-state index contributed by atoms with van der Waals surface area (Å²) in [7, 11) is 0. The summed E-state index contributed by atoms with van der Waals surface area (Å²) in [5.74, 6) is 0.159. The molecule has 4 heteroatoms. The van der Waals surface area contributed by atoms with Gasteiger partial charge in [0.1, 0.15) is 18.2 Å². The number of rotatable bonds is 5. The van der Waals surface area contributed by atoms with Crippen molar-refractivity contribution < 1.29 is 13.5 Å². The van der Waals surface area contributed by atoms with Gasteiger partial charge in [0.25, 0.3) is 0 Å². The zero-order valence-corrected chi connectivity index (χ0v) is 16.2. The van der Waals surface area contributed by atoms with E-state index in [9.17, 15) is 4.39 Å². The number of benzene rings is 1. The Morgan fingerprint density at radius 2 is 1.87 bits per heavy atom. The lowest BCUT2D eigenvalue weighted by Gasteiger charge is -2.11. The topological polar surface area (TPSA) is 22.4 Å². The summed E-state index contributed by atoms with van der Waals surface area (Å²) in [5.41, 5.74) is 1.76. The number of halogens is 2. The van der Waals surface area contributed by atoms with E-state index in [0.29, 0.717) is 26.8 Å². The van der Waals surface area contributed by atoms with Crippen LogP contribution in [0.25, 0.3) is 11.0 Å². The molecule has 128 valence electrons. The summed E-state index contributed by atoms with van der Waals surface area (Å²) >= 11 is 3.35. The number of fused-ring (bicyclic) bond motifs is 1. The van der Waals surface area contributed by atoms with Crippen LogP contribution >= 0.6 is 15.9 Å². The van der Waals surface area contributed by atoms with Crippen molar-refractivity contribution in [1.29, 1.82) is 0 Å². The van der Waals surface area contributed by atoms with Crippen LogP contribution in [0.2, 0.25) is 0 Å². The van der Waals surface area contributed by atoms with Crippen molar-refractivity contribution in [3.05, 3.63) is 58.7 Å². The van der Waals surface area contributed by atoms with Gasteiger partial charge in [-0.25, -0.2) is 4.39 Å². The molecule has 0 spiro atoms. The van der Waals surface area contributed by atoms with Gasteiger partial charge in [-0.2, -0.15) is 0 Å². The fraction of sp³-hybridized carbons (Fsp3) is 0.368. The second kappa shape index (κ2) is 11.1. The van der Waals surface area contributed by atoms with Crippen LogP contribution < -0.4 is 0 Å². The van der Waals surface area contributed by atoms with Gasteiger partial charge < -0.3 is 9.15 Å². The Kier molecular flexibility index (Phi) is 10.3. The van der Waals surface area contributed by atoms with Crippen LogP contribution in [0.3, 0.4) is 0 Å². The molecule has 0 unspecified atom stereocenters. The molecule has 0 N–H and O–H groups in total. The minimum atomic E-state index is -0.332. The average molecular weight is 385 g/mol. The molecule has 1 aromatic carbocycles. The molecule has 2 rings (SSSR count). The molecule has 0 atom stereocenters. The van der Waals surface area contributed by atoms with Gasteiger partial charge >= 0.3 is 0 Å². The Morgan fingerprint density at radius 1 is 1.26 bits per heavy atom. The first-order valence-electron chi connectivity index (χ1n) is 7.88. The van der Waals surface area contributed by atoms with Crippen LogP contribution in [0.5, 0.6) is 0 Å². The molecule has 1 aromatic heterocycles. The lowest BCUT2D eigenvalue weighted by Crippen LogP contribution is -1.98. The summed E-state index contributed by atoms with van der Waals surface area (Å²) in [6, 6.07) is 3.25. The van der Waals surface area contributed by atoms with Crippen LogP contribution in [0.4, 0.5) is 4.39 Å². The third kappa shape index (κ3) is 5.54. The summed E-state index contributed by atoms with van der Waals surface area (Å²) in [6.45, 7) is 17.7. The van der Waals surface area contributed by atoms with Gasteiger partial charge in [-0.1, -0.05) is 47.8 Å². The van der Waals surface area contributed by atoms with Gasteiger partial charge in [0.2, 0.25) is 0 Å². The molecule has 0 aliphatic heterocycles. The first kappa shape index (κ1) is 21.4. The molecule has 1 heterocycles. The Balaban J connectivity index is 0.00000112. The Bertz CT molecular complexity index is 644. The van der Waals surface area contributed by atoms with Crippen molar-refractivity contribution in [2.24, 2.45) is 0 Å². The highest BCUT2D eigenvalue weighted by atomic mass is 79.9. The summed E-state index contributed by atoms with van der Waals surface area (Å²) in [6.07, 6.45) is 2.22. The standard InChI is InChI=1S/C15H14BrFO2.2C2H6/c1-4-9(2)10(3)19-8-11-7-13(16)15-12(14(11)17)5-6-18-15;2*1-2/h5-7H,2-4,8H2,1H3;2*1-2H3. The van der Waals surface area contributed by atoms with Crippen LogP contribution in [0, 0.1) is 5.82 Å². The van der Waals surface area contributed by atoms with Crippen molar-refractivity contribution in [3.63, 3.8) is 0 Å². The maximum absolute atomic E-state index is 14.2. The SMILES string of the molecule is C=C(CC)C(=C)OCc1cc(Br)c2occc2c1F.CC.CC. The predicted molar refractivity (Wildman–Crippen MR) is 99.9 cm³/mol. The number of hydrogen-bond donors (Lipinski definition) is 0. The Morgan fingerprint density at radius 3 is 2.43 bits per heavy atom. The molecular formula is C19H26BrFO2. The molecule has 0 bridgehead atoms. The van der Waals surface area contributed by atoms with Crippen molar-refractivity contribution in [1.82, 2.24) is 0 Å². The predicted octanol–water partition coefficient (Wildman–Crippen LogP) is 7.38. The summed E-state index contributed by atoms with van der Waals surface area (Å²) < 4.78 is 25.6. The van der Waals surface area contributed by atoms with Gasteiger partial charge in [-0.3, -0.25) is 0 Å². The number of furan rings is 1. The van der Waals surface area contributed by atoms with Gasteiger partial charge in [-0.15, -0.1) is 0 Å². The number of ether oxygens (including phenoxy) is 1. The molecule has 2 aromatic rings. The van der Waals surface area contributed by atoms with Crippen LogP contribution in [0.15, 0.2) is 51.8 Å². The van der Waals surface area contributed by atoms with Crippen molar-refractivity contribution in [2.45, 2.75) is 47.6 Å². The Labute approximate surface area is 147 Å². The zero-order chi connectivity index (χ0) is 18.0. The minimum Gasteiger partial charge on any atom is -0.489 e. The minimum absolute atomic E-state index is 0.114. The van der Waals surface area contributed by atoms with Gasteiger partial charge in [0.15, 0.2) is 5.58 Å². The third-order valence-corrected chi connectivity index (χ3v) is 3.51. The van der Waals surface area contributed by atoms with E-state index < -0.39 is 0 Å². The fourth-order valence-electron chi connectivity index (χ4n) is 1.69. The average Bonchev–Trinajstić information content (AvgIpc) is 3.10. The Hall–Kier alpha value is -1.55. The van der Waals surface area contributed by atoms with E-state index in [-0.39, 0.29) is 12.4 Å². The highest BCUT2D eigenvalue weighted by molar-refractivity contribution is 9.10. The van der Waals surface area contributed by atoms with E-state index in [0.717, 1.165) is 12.0 Å². The quantitative estimate of drug-likeness (QED) is 0.396. The molecule has 2 nitrogen and oxygen atoms in total. The second-order valence-electron chi connectivity index (χ2n) is 4.16. The normalized spacial score (nSPS) is 9.35. The van der Waals surface area contributed by atoms with E-state index in [4.69, 9.17) is 9.15 Å². The fourth-order valence-corrected chi connectivity index (χ4v) is 2.27. The lowest BCUT2D eigenvalue weighted by molar-refractivity contribution is 0.203. The molecule has 0 fully saturated rings. The van der Waals surface area contributed by atoms with Crippen molar-refractivity contribution in [3.8, 4) is 0 Å². The molecule has 0 saturated carbocycles. The molecule has 0 aliphatic rings. The first-order valence-corrected chi connectivity index (χ1v) is 8.67. The van der Waals surface area contributed by atoms with Gasteiger partial charge in [-0.05, 0) is 40.1 Å². The maximum Gasteiger partial charge on any atom is 0.150 e. The molecule has 23 heavy (non-hydrogen) atoms. The van der Waals surface area contributed by atoms with E-state index >= 15 is 0 Å². The summed E-state index contributed by atoms with van der Waals surface area (Å²) in [5, 5.41) is 0.438. The highest BCUT2D eigenvalue weighted by Crippen LogP contribution is 2.30. The first-order chi connectivity index (χ1) is 11.0. The van der Waals surface area contributed by atoms with Crippen LogP contribution in [0.1, 0.15) is 46.6 Å². The van der Waals surface area contributed by atoms with E-state index in [2.05, 4.69) is 29.1 Å². The molecular weight excluding hydrogens is 359 g/mol. The molecule has 0 aliphatic carbocycles. The number of hydrogen-bond acceptors (Lipinski definition) is 2. The lowest BCUT2D eigenvalue weighted by atomic mass is 10.1. The summed E-state index contributed by atoms with van der Waals surface area (Å²) in [4.78, 5) is 0.